The Labute approximate surface area is 96.9 Å². The number of aryl methyl sites for hydroxylation is 1. The van der Waals surface area contributed by atoms with Crippen molar-refractivity contribution in [2.45, 2.75) is 25.7 Å². The van der Waals surface area contributed by atoms with Gasteiger partial charge in [-0.05, 0) is 31.2 Å². The Bertz CT molecular complexity index is 321. The van der Waals surface area contributed by atoms with Gasteiger partial charge < -0.3 is 5.32 Å². The minimum atomic E-state index is 0.606. The van der Waals surface area contributed by atoms with E-state index >= 15 is 0 Å². The fraction of sp³-hybridized carbons (Fsp3) is 0.462. The molecule has 0 radical (unpaired) electrons. The first-order chi connectivity index (χ1) is 7.36. The number of nitrogens with one attached hydrogen (secondary N) is 1. The summed E-state index contributed by atoms with van der Waals surface area (Å²) in [4.78, 5) is 1.08. The van der Waals surface area contributed by atoms with Gasteiger partial charge in [-0.1, -0.05) is 42.5 Å². The fourth-order valence-electron chi connectivity index (χ4n) is 2.10. The maximum absolute atomic E-state index is 5.33. The minimum Gasteiger partial charge on any atom is -0.379 e. The van der Waals surface area contributed by atoms with Crippen LogP contribution in [0.25, 0.3) is 0 Å². The van der Waals surface area contributed by atoms with Crippen molar-refractivity contribution < 1.29 is 0 Å². The molecule has 1 fully saturated rings. The summed E-state index contributed by atoms with van der Waals surface area (Å²) in [5, 5.41) is 3.30. The summed E-state index contributed by atoms with van der Waals surface area (Å²) in [6.07, 6.45) is 4.86. The zero-order valence-electron chi connectivity index (χ0n) is 8.91. The first-order valence-electron chi connectivity index (χ1n) is 5.68. The van der Waals surface area contributed by atoms with E-state index in [0.29, 0.717) is 5.92 Å². The topological polar surface area (TPSA) is 12.0 Å². The molecule has 0 amide bonds. The molecule has 0 aliphatic carbocycles. The molecule has 0 bridgehead atoms. The lowest BCUT2D eigenvalue weighted by atomic mass is 9.92. The van der Waals surface area contributed by atoms with Gasteiger partial charge in [0.25, 0.3) is 0 Å². The van der Waals surface area contributed by atoms with Crippen LogP contribution in [-0.4, -0.2) is 11.5 Å². The number of hydrogen-bond acceptors (Lipinski definition) is 1. The van der Waals surface area contributed by atoms with Crippen LogP contribution in [0, 0.1) is 5.92 Å². The largest absolute Gasteiger partial charge is 0.379 e. The first kappa shape index (κ1) is 10.6. The average molecular weight is 219 g/mol. The van der Waals surface area contributed by atoms with Gasteiger partial charge >= 0.3 is 0 Å². The third kappa shape index (κ3) is 3.03. The number of hydrogen-bond donors (Lipinski definition) is 1. The molecule has 80 valence electrons. The van der Waals surface area contributed by atoms with Crippen LogP contribution in [0.3, 0.4) is 0 Å². The van der Waals surface area contributed by atoms with Gasteiger partial charge in [-0.25, -0.2) is 0 Å². The molecular weight excluding hydrogens is 202 g/mol. The molecule has 1 atom stereocenters. The molecule has 1 aromatic rings. The molecular formula is C13H17NS. The average Bonchev–Trinajstić information content (AvgIpc) is 2.29. The highest BCUT2D eigenvalue weighted by Gasteiger charge is 2.17. The van der Waals surface area contributed by atoms with Crippen LogP contribution in [0.4, 0.5) is 0 Å². The van der Waals surface area contributed by atoms with Crippen molar-refractivity contribution >= 4 is 17.2 Å². The molecule has 0 saturated carbocycles. The van der Waals surface area contributed by atoms with Crippen LogP contribution in [0.15, 0.2) is 30.3 Å². The normalized spacial score (nSPS) is 21.1. The smallest absolute Gasteiger partial charge is 0.0784 e. The van der Waals surface area contributed by atoms with Crippen molar-refractivity contribution in [3.8, 4) is 0 Å². The second-order valence-electron chi connectivity index (χ2n) is 4.15. The Morgan fingerprint density at radius 1 is 1.27 bits per heavy atom. The van der Waals surface area contributed by atoms with Gasteiger partial charge in [0.1, 0.15) is 0 Å². The molecule has 1 heterocycles. The van der Waals surface area contributed by atoms with Crippen LogP contribution < -0.4 is 5.32 Å². The third-order valence-electron chi connectivity index (χ3n) is 3.02. The van der Waals surface area contributed by atoms with Crippen LogP contribution in [-0.2, 0) is 6.42 Å². The molecule has 2 heteroatoms. The maximum atomic E-state index is 5.33. The zero-order chi connectivity index (χ0) is 10.5. The molecule has 15 heavy (non-hydrogen) atoms. The van der Waals surface area contributed by atoms with Crippen molar-refractivity contribution in [1.82, 2.24) is 5.32 Å². The van der Waals surface area contributed by atoms with E-state index in [1.54, 1.807) is 0 Å². The van der Waals surface area contributed by atoms with E-state index in [2.05, 4.69) is 35.6 Å². The summed E-state index contributed by atoms with van der Waals surface area (Å²) < 4.78 is 0. The Morgan fingerprint density at radius 3 is 2.80 bits per heavy atom. The standard InChI is InChI=1S/C13H17NS/c15-13-12(7-4-10-14-13)9-8-11-5-2-1-3-6-11/h1-3,5-6,12H,4,7-10H2,(H,14,15). The molecule has 1 saturated heterocycles. The summed E-state index contributed by atoms with van der Waals surface area (Å²) in [5.41, 5.74) is 1.42. The monoisotopic (exact) mass is 219 g/mol. The van der Waals surface area contributed by atoms with Gasteiger partial charge in [0.15, 0.2) is 0 Å². The summed E-state index contributed by atoms with van der Waals surface area (Å²) >= 11 is 5.33. The molecule has 2 rings (SSSR count). The minimum absolute atomic E-state index is 0.606. The van der Waals surface area contributed by atoms with Gasteiger partial charge in [0.2, 0.25) is 0 Å². The highest BCUT2D eigenvalue weighted by Crippen LogP contribution is 2.19. The molecule has 1 unspecified atom stereocenters. The summed E-state index contributed by atoms with van der Waals surface area (Å²) in [6, 6.07) is 10.7. The van der Waals surface area contributed by atoms with Crippen LogP contribution in [0.1, 0.15) is 24.8 Å². The maximum Gasteiger partial charge on any atom is 0.0784 e. The molecule has 0 spiro atoms. The van der Waals surface area contributed by atoms with Crippen molar-refractivity contribution in [2.75, 3.05) is 6.54 Å². The zero-order valence-corrected chi connectivity index (χ0v) is 9.72. The van der Waals surface area contributed by atoms with Crippen molar-refractivity contribution in [3.63, 3.8) is 0 Å². The van der Waals surface area contributed by atoms with Crippen molar-refractivity contribution in [1.29, 1.82) is 0 Å². The second-order valence-corrected chi connectivity index (χ2v) is 4.59. The van der Waals surface area contributed by atoms with Crippen LogP contribution in [0.5, 0.6) is 0 Å². The van der Waals surface area contributed by atoms with Gasteiger partial charge in [-0.3, -0.25) is 0 Å². The molecule has 0 aromatic heterocycles. The van der Waals surface area contributed by atoms with Crippen LogP contribution in [0.2, 0.25) is 0 Å². The Kier molecular flexibility index (Phi) is 3.73. The van der Waals surface area contributed by atoms with Gasteiger partial charge in [-0.2, -0.15) is 0 Å². The van der Waals surface area contributed by atoms with Crippen molar-refractivity contribution in [3.05, 3.63) is 35.9 Å². The molecule has 1 N–H and O–H groups in total. The van der Waals surface area contributed by atoms with E-state index in [4.69, 9.17) is 12.2 Å². The predicted molar refractivity (Wildman–Crippen MR) is 68.1 cm³/mol. The van der Waals surface area contributed by atoms with E-state index in [1.165, 1.54) is 24.8 Å². The Hall–Kier alpha value is -0.890. The highest BCUT2D eigenvalue weighted by molar-refractivity contribution is 7.80. The number of thiocarbonyl (C=S) groups is 1. The highest BCUT2D eigenvalue weighted by atomic mass is 32.1. The number of benzene rings is 1. The van der Waals surface area contributed by atoms with Gasteiger partial charge in [0, 0.05) is 12.5 Å². The summed E-state index contributed by atoms with van der Waals surface area (Å²) in [5.74, 6) is 0.606. The molecule has 1 aromatic carbocycles. The Morgan fingerprint density at radius 2 is 2.07 bits per heavy atom. The third-order valence-corrected chi connectivity index (χ3v) is 3.50. The van der Waals surface area contributed by atoms with Gasteiger partial charge in [-0.15, -0.1) is 0 Å². The molecule has 1 nitrogen and oxygen atoms in total. The quantitative estimate of drug-likeness (QED) is 0.784. The number of rotatable bonds is 3. The molecule has 1 aliphatic heterocycles. The lowest BCUT2D eigenvalue weighted by Crippen LogP contribution is -2.35. The van der Waals surface area contributed by atoms with E-state index in [1.807, 2.05) is 0 Å². The summed E-state index contributed by atoms with van der Waals surface area (Å²) in [6.45, 7) is 1.07. The number of piperidine rings is 1. The first-order valence-corrected chi connectivity index (χ1v) is 6.09. The summed E-state index contributed by atoms with van der Waals surface area (Å²) in [7, 11) is 0. The Balaban J connectivity index is 1.85. The SMILES string of the molecule is S=C1NCCCC1CCc1ccccc1. The lowest BCUT2D eigenvalue weighted by molar-refractivity contribution is 0.505. The van der Waals surface area contributed by atoms with E-state index < -0.39 is 0 Å². The second kappa shape index (κ2) is 5.26. The fourth-order valence-corrected chi connectivity index (χ4v) is 2.43. The van der Waals surface area contributed by atoms with E-state index in [0.717, 1.165) is 18.0 Å². The van der Waals surface area contributed by atoms with Crippen LogP contribution >= 0.6 is 12.2 Å². The van der Waals surface area contributed by atoms with E-state index in [-0.39, 0.29) is 0 Å². The predicted octanol–water partition coefficient (Wildman–Crippen LogP) is 2.95. The lowest BCUT2D eigenvalue weighted by Gasteiger charge is -2.24. The van der Waals surface area contributed by atoms with E-state index in [9.17, 15) is 0 Å². The van der Waals surface area contributed by atoms with Gasteiger partial charge in [0.05, 0.1) is 4.99 Å². The molecule has 1 aliphatic rings. The van der Waals surface area contributed by atoms with Crippen molar-refractivity contribution in [2.24, 2.45) is 5.92 Å².